The van der Waals surface area contributed by atoms with E-state index in [1.165, 1.54) is 17.9 Å². The van der Waals surface area contributed by atoms with Gasteiger partial charge in [0.05, 0.1) is 18.4 Å². The number of ether oxygens (including phenoxy) is 1. The molecule has 1 amide bonds. The number of hydrogen-bond acceptors (Lipinski definition) is 5. The van der Waals surface area contributed by atoms with Crippen LogP contribution in [-0.4, -0.2) is 28.8 Å². The smallest absolute Gasteiger partial charge is 0.337 e. The number of carbonyl (C=O) groups is 2. The topological polar surface area (TPSA) is 90.3 Å². The molecule has 7 heteroatoms. The fraction of sp³-hybridized carbons (Fsp3) is 0.250. The molecule has 31 heavy (non-hydrogen) atoms. The Morgan fingerprint density at radius 3 is 2.42 bits per heavy atom. The minimum Gasteiger partial charge on any atom is -0.465 e. The van der Waals surface area contributed by atoms with Crippen LogP contribution in [0.1, 0.15) is 40.9 Å². The molecule has 0 fully saturated rings. The summed E-state index contributed by atoms with van der Waals surface area (Å²) >= 11 is 0. The van der Waals surface area contributed by atoms with E-state index >= 15 is 0 Å². The quantitative estimate of drug-likeness (QED) is 0.612. The van der Waals surface area contributed by atoms with Gasteiger partial charge in [0.1, 0.15) is 6.04 Å². The summed E-state index contributed by atoms with van der Waals surface area (Å²) in [6, 6.07) is 14.7. The van der Waals surface area contributed by atoms with E-state index in [4.69, 9.17) is 0 Å². The van der Waals surface area contributed by atoms with Crippen molar-refractivity contribution in [1.29, 1.82) is 0 Å². The molecule has 1 aromatic heterocycles. The monoisotopic (exact) mass is 419 g/mol. The Morgan fingerprint density at radius 1 is 1.06 bits per heavy atom. The highest BCUT2D eigenvalue weighted by molar-refractivity contribution is 5.95. The van der Waals surface area contributed by atoms with Gasteiger partial charge in [0.25, 0.3) is 5.56 Å². The molecule has 2 aromatic carbocycles. The SMILES string of the molecule is CC[C@@H](C(=O)Nc1ccc(C(=O)OC)cc1)n1nc(-c2cc(C)ccc2C)ccc1=O. The number of rotatable bonds is 6. The third kappa shape index (κ3) is 4.88. The van der Waals surface area contributed by atoms with Crippen LogP contribution in [-0.2, 0) is 9.53 Å². The van der Waals surface area contributed by atoms with Gasteiger partial charge in [0, 0.05) is 17.3 Å². The van der Waals surface area contributed by atoms with Gasteiger partial charge in [-0.15, -0.1) is 0 Å². The largest absolute Gasteiger partial charge is 0.465 e. The molecule has 1 N–H and O–H groups in total. The van der Waals surface area contributed by atoms with Crippen LogP contribution >= 0.6 is 0 Å². The lowest BCUT2D eigenvalue weighted by atomic mass is 10.0. The van der Waals surface area contributed by atoms with E-state index in [9.17, 15) is 14.4 Å². The number of benzene rings is 2. The molecule has 0 bridgehead atoms. The van der Waals surface area contributed by atoms with Crippen molar-refractivity contribution in [3.63, 3.8) is 0 Å². The molecular formula is C24H25N3O4. The highest BCUT2D eigenvalue weighted by atomic mass is 16.5. The summed E-state index contributed by atoms with van der Waals surface area (Å²) in [4.78, 5) is 37.0. The van der Waals surface area contributed by atoms with Gasteiger partial charge >= 0.3 is 5.97 Å². The van der Waals surface area contributed by atoms with Crippen LogP contribution in [0.25, 0.3) is 11.3 Å². The maximum Gasteiger partial charge on any atom is 0.337 e. The molecule has 0 spiro atoms. The van der Waals surface area contributed by atoms with E-state index in [-0.39, 0.29) is 11.5 Å². The number of methoxy groups -OCH3 is 1. The number of aromatic nitrogens is 2. The van der Waals surface area contributed by atoms with Crippen LogP contribution in [0.5, 0.6) is 0 Å². The lowest BCUT2D eigenvalue weighted by Gasteiger charge is -2.18. The first kappa shape index (κ1) is 22.0. The minimum absolute atomic E-state index is 0.350. The second-order valence-corrected chi connectivity index (χ2v) is 7.30. The predicted molar refractivity (Wildman–Crippen MR) is 119 cm³/mol. The van der Waals surface area contributed by atoms with Crippen LogP contribution in [0.4, 0.5) is 5.69 Å². The second kappa shape index (κ2) is 9.38. The van der Waals surface area contributed by atoms with Gasteiger partial charge in [-0.2, -0.15) is 5.10 Å². The molecule has 160 valence electrons. The zero-order valence-corrected chi connectivity index (χ0v) is 18.0. The Balaban J connectivity index is 1.89. The van der Waals surface area contributed by atoms with E-state index in [1.54, 1.807) is 30.3 Å². The maximum atomic E-state index is 12.9. The summed E-state index contributed by atoms with van der Waals surface area (Å²) < 4.78 is 5.91. The average molecular weight is 419 g/mol. The third-order valence-corrected chi connectivity index (χ3v) is 5.05. The van der Waals surface area contributed by atoms with Gasteiger partial charge in [0.2, 0.25) is 5.91 Å². The molecule has 0 aliphatic rings. The zero-order chi connectivity index (χ0) is 22.5. The summed E-state index contributed by atoms with van der Waals surface area (Å²) in [5, 5.41) is 7.30. The molecule has 0 aliphatic carbocycles. The van der Waals surface area contributed by atoms with Crippen molar-refractivity contribution >= 4 is 17.6 Å². The fourth-order valence-electron chi connectivity index (χ4n) is 3.31. The van der Waals surface area contributed by atoms with Gasteiger partial charge in [-0.1, -0.05) is 24.6 Å². The van der Waals surface area contributed by atoms with Crippen LogP contribution in [0, 0.1) is 13.8 Å². The zero-order valence-electron chi connectivity index (χ0n) is 18.0. The number of anilines is 1. The number of nitrogens with zero attached hydrogens (tertiary/aromatic N) is 2. The molecule has 0 saturated carbocycles. The van der Waals surface area contributed by atoms with Crippen LogP contribution < -0.4 is 10.9 Å². The molecule has 0 unspecified atom stereocenters. The maximum absolute atomic E-state index is 12.9. The van der Waals surface area contributed by atoms with Gasteiger partial charge < -0.3 is 10.1 Å². The molecule has 1 atom stereocenters. The summed E-state index contributed by atoms with van der Waals surface area (Å²) in [5.74, 6) is -0.815. The first-order valence-electron chi connectivity index (χ1n) is 10.0. The number of amides is 1. The first-order valence-corrected chi connectivity index (χ1v) is 10.0. The standard InChI is InChI=1S/C24H25N3O4/c1-5-21(23(29)25-18-10-8-17(9-11-18)24(30)31-4)27-22(28)13-12-20(26-27)19-14-15(2)6-7-16(19)3/h6-14,21H,5H2,1-4H3,(H,25,29)/t21-/m0/s1. The van der Waals surface area contributed by atoms with Gasteiger partial charge in [-0.25, -0.2) is 9.48 Å². The van der Waals surface area contributed by atoms with Crippen molar-refractivity contribution in [2.75, 3.05) is 12.4 Å². The van der Waals surface area contributed by atoms with Crippen molar-refractivity contribution in [1.82, 2.24) is 9.78 Å². The molecular weight excluding hydrogens is 394 g/mol. The van der Waals surface area contributed by atoms with Crippen LogP contribution in [0.15, 0.2) is 59.4 Å². The molecule has 0 saturated heterocycles. The highest BCUT2D eigenvalue weighted by Crippen LogP contribution is 2.23. The Morgan fingerprint density at radius 2 is 1.77 bits per heavy atom. The van der Waals surface area contributed by atoms with Crippen molar-refractivity contribution < 1.29 is 14.3 Å². The number of nitrogens with one attached hydrogen (secondary N) is 1. The van der Waals surface area contributed by atoms with Gasteiger partial charge in [0.15, 0.2) is 0 Å². The lowest BCUT2D eigenvalue weighted by molar-refractivity contribution is -0.119. The number of carbonyl (C=O) groups excluding carboxylic acids is 2. The van der Waals surface area contributed by atoms with E-state index in [0.717, 1.165) is 16.7 Å². The Hall–Kier alpha value is -3.74. The van der Waals surface area contributed by atoms with E-state index in [0.29, 0.717) is 23.4 Å². The summed E-state index contributed by atoms with van der Waals surface area (Å²) in [7, 11) is 1.31. The lowest BCUT2D eigenvalue weighted by Crippen LogP contribution is -2.34. The van der Waals surface area contributed by atoms with Crippen molar-refractivity contribution in [3.8, 4) is 11.3 Å². The first-order chi connectivity index (χ1) is 14.8. The summed E-state index contributed by atoms with van der Waals surface area (Å²) in [5.41, 5.74) is 4.21. The molecule has 3 rings (SSSR count). The van der Waals surface area contributed by atoms with Gasteiger partial charge in [-0.05, 0) is 62.2 Å². The van der Waals surface area contributed by atoms with Crippen molar-refractivity contribution in [2.45, 2.75) is 33.2 Å². The van der Waals surface area contributed by atoms with Crippen LogP contribution in [0.2, 0.25) is 0 Å². The number of esters is 1. The highest BCUT2D eigenvalue weighted by Gasteiger charge is 2.22. The predicted octanol–water partition coefficient (Wildman–Crippen LogP) is 3.90. The Labute approximate surface area is 180 Å². The van der Waals surface area contributed by atoms with E-state index < -0.39 is 12.0 Å². The fourth-order valence-corrected chi connectivity index (χ4v) is 3.31. The summed E-state index contributed by atoms with van der Waals surface area (Å²) in [6.45, 7) is 5.80. The molecule has 0 aliphatic heterocycles. The Kier molecular flexibility index (Phi) is 6.65. The average Bonchev–Trinajstić information content (AvgIpc) is 2.77. The minimum atomic E-state index is -0.780. The van der Waals surface area contributed by atoms with Gasteiger partial charge in [-0.3, -0.25) is 9.59 Å². The normalized spacial score (nSPS) is 11.6. The number of aryl methyl sites for hydroxylation is 2. The molecule has 7 nitrogen and oxygen atoms in total. The number of hydrogen-bond donors (Lipinski definition) is 1. The molecule has 3 aromatic rings. The third-order valence-electron chi connectivity index (χ3n) is 5.05. The molecule has 1 heterocycles. The van der Waals surface area contributed by atoms with E-state index in [1.807, 2.05) is 39.0 Å². The second-order valence-electron chi connectivity index (χ2n) is 7.30. The van der Waals surface area contributed by atoms with Crippen molar-refractivity contribution in [2.24, 2.45) is 0 Å². The molecule has 0 radical (unpaired) electrons. The summed E-state index contributed by atoms with van der Waals surface area (Å²) in [6.07, 6.45) is 0.384. The van der Waals surface area contributed by atoms with Crippen LogP contribution in [0.3, 0.4) is 0 Å². The van der Waals surface area contributed by atoms with Crippen molar-refractivity contribution in [3.05, 3.63) is 81.6 Å². The Bertz CT molecular complexity index is 1170. The van der Waals surface area contributed by atoms with E-state index in [2.05, 4.69) is 15.2 Å².